The smallest absolute Gasteiger partial charge is 0.140 e. The first kappa shape index (κ1) is 13.2. The van der Waals surface area contributed by atoms with E-state index in [1.54, 1.807) is 4.68 Å². The Morgan fingerprint density at radius 3 is 2.75 bits per heavy atom. The number of Topliss-reactive ketones (excluding diaryl/α,β-unsaturated/α-hetero) is 1. The van der Waals surface area contributed by atoms with Gasteiger partial charge >= 0.3 is 0 Å². The number of nitrogens with zero attached hydrogens (tertiary/aromatic N) is 2. The monoisotopic (exact) mass is 243 g/mol. The molecule has 0 radical (unpaired) electrons. The van der Waals surface area contributed by atoms with Crippen molar-refractivity contribution in [1.82, 2.24) is 15.1 Å². The van der Waals surface area contributed by atoms with Gasteiger partial charge in [-0.2, -0.15) is 5.10 Å². The summed E-state index contributed by atoms with van der Waals surface area (Å²) >= 11 is 6.16. The van der Waals surface area contributed by atoms with Crippen LogP contribution in [0.3, 0.4) is 0 Å². The summed E-state index contributed by atoms with van der Waals surface area (Å²) in [7, 11) is 3.66. The van der Waals surface area contributed by atoms with Gasteiger partial charge in [0.2, 0.25) is 0 Å². The Hall–Kier alpha value is -0.870. The highest BCUT2D eigenvalue weighted by Gasteiger charge is 2.15. The fourth-order valence-electron chi connectivity index (χ4n) is 1.55. The van der Waals surface area contributed by atoms with Crippen molar-refractivity contribution in [2.75, 3.05) is 13.6 Å². The van der Waals surface area contributed by atoms with Crippen molar-refractivity contribution < 1.29 is 4.79 Å². The van der Waals surface area contributed by atoms with Crippen LogP contribution < -0.4 is 5.32 Å². The predicted octanol–water partition coefficient (Wildman–Crippen LogP) is 1.36. The maximum atomic E-state index is 11.6. The number of halogens is 1. The zero-order valence-electron chi connectivity index (χ0n) is 10.0. The van der Waals surface area contributed by atoms with E-state index >= 15 is 0 Å². The first-order valence-corrected chi connectivity index (χ1v) is 5.84. The summed E-state index contributed by atoms with van der Waals surface area (Å²) in [5.74, 6) is 0.182. The lowest BCUT2D eigenvalue weighted by Crippen LogP contribution is -2.15. The highest BCUT2D eigenvalue weighted by molar-refractivity contribution is 6.32. The SMILES string of the molecule is CCc1nn(C)c(CC(=O)CCNC)c1Cl. The summed E-state index contributed by atoms with van der Waals surface area (Å²) in [4.78, 5) is 11.6. The summed E-state index contributed by atoms with van der Waals surface area (Å²) in [5.41, 5.74) is 1.68. The molecule has 1 heterocycles. The van der Waals surface area contributed by atoms with E-state index in [0.717, 1.165) is 17.8 Å². The molecule has 0 fully saturated rings. The van der Waals surface area contributed by atoms with E-state index in [1.807, 2.05) is 21.0 Å². The summed E-state index contributed by atoms with van der Waals surface area (Å²) in [6, 6.07) is 0. The van der Waals surface area contributed by atoms with Crippen molar-refractivity contribution >= 4 is 17.4 Å². The summed E-state index contributed by atoms with van der Waals surface area (Å²) in [5, 5.41) is 7.87. The number of carbonyl (C=O) groups is 1. The molecule has 0 spiro atoms. The number of hydrogen-bond donors (Lipinski definition) is 1. The third-order valence-corrected chi connectivity index (χ3v) is 2.96. The van der Waals surface area contributed by atoms with Crippen molar-refractivity contribution in [3.8, 4) is 0 Å². The fourth-order valence-corrected chi connectivity index (χ4v) is 1.91. The van der Waals surface area contributed by atoms with E-state index in [-0.39, 0.29) is 5.78 Å². The largest absolute Gasteiger partial charge is 0.319 e. The second-order valence-corrected chi connectivity index (χ2v) is 4.13. The minimum atomic E-state index is 0.182. The molecule has 1 rings (SSSR count). The highest BCUT2D eigenvalue weighted by Crippen LogP contribution is 2.21. The first-order valence-electron chi connectivity index (χ1n) is 5.46. The summed E-state index contributed by atoms with van der Waals surface area (Å²) in [6.45, 7) is 2.70. The molecule has 0 amide bonds. The normalized spacial score (nSPS) is 10.8. The third-order valence-electron chi connectivity index (χ3n) is 2.52. The molecule has 1 aromatic heterocycles. The zero-order valence-corrected chi connectivity index (χ0v) is 10.8. The second-order valence-electron chi connectivity index (χ2n) is 3.75. The van der Waals surface area contributed by atoms with Crippen LogP contribution >= 0.6 is 11.6 Å². The highest BCUT2D eigenvalue weighted by atomic mass is 35.5. The molecule has 90 valence electrons. The zero-order chi connectivity index (χ0) is 12.1. The molecule has 0 aliphatic heterocycles. The molecule has 0 atom stereocenters. The molecule has 0 saturated carbocycles. The molecule has 16 heavy (non-hydrogen) atoms. The van der Waals surface area contributed by atoms with Gasteiger partial charge in [-0.3, -0.25) is 9.48 Å². The van der Waals surface area contributed by atoms with Crippen LogP contribution in [0, 0.1) is 0 Å². The molecule has 4 nitrogen and oxygen atoms in total. The van der Waals surface area contributed by atoms with Crippen LogP contribution in [-0.4, -0.2) is 29.2 Å². The van der Waals surface area contributed by atoms with Gasteiger partial charge in [0.15, 0.2) is 0 Å². The minimum Gasteiger partial charge on any atom is -0.319 e. The molecule has 5 heteroatoms. The van der Waals surface area contributed by atoms with Crippen molar-refractivity contribution in [1.29, 1.82) is 0 Å². The average Bonchev–Trinajstić information content (AvgIpc) is 2.53. The van der Waals surface area contributed by atoms with Crippen molar-refractivity contribution in [2.45, 2.75) is 26.2 Å². The molecule has 0 saturated heterocycles. The van der Waals surface area contributed by atoms with Crippen molar-refractivity contribution in [3.63, 3.8) is 0 Å². The van der Waals surface area contributed by atoms with Gasteiger partial charge < -0.3 is 5.32 Å². The van der Waals surface area contributed by atoms with Crippen LogP contribution in [0.5, 0.6) is 0 Å². The molecule has 1 N–H and O–H groups in total. The van der Waals surface area contributed by atoms with E-state index in [1.165, 1.54) is 0 Å². The Morgan fingerprint density at radius 1 is 1.56 bits per heavy atom. The fraction of sp³-hybridized carbons (Fsp3) is 0.636. The van der Waals surface area contributed by atoms with E-state index < -0.39 is 0 Å². The molecular formula is C11H18ClN3O. The Labute approximate surface area is 101 Å². The van der Waals surface area contributed by atoms with Gasteiger partial charge in [-0.05, 0) is 13.5 Å². The number of ketones is 1. The number of carbonyl (C=O) groups excluding carboxylic acids is 1. The molecule has 0 unspecified atom stereocenters. The van der Waals surface area contributed by atoms with Crippen LogP contribution in [0.1, 0.15) is 24.7 Å². The quantitative estimate of drug-likeness (QED) is 0.821. The Kier molecular flexibility index (Phi) is 4.96. The van der Waals surface area contributed by atoms with E-state index in [9.17, 15) is 4.79 Å². The molecule has 1 aromatic rings. The van der Waals surface area contributed by atoms with E-state index in [4.69, 9.17) is 11.6 Å². The van der Waals surface area contributed by atoms with E-state index in [0.29, 0.717) is 24.4 Å². The molecule has 0 aliphatic rings. The number of hydrogen-bond acceptors (Lipinski definition) is 3. The van der Waals surface area contributed by atoms with Gasteiger partial charge in [0.25, 0.3) is 0 Å². The van der Waals surface area contributed by atoms with Gasteiger partial charge in [-0.15, -0.1) is 0 Å². The maximum absolute atomic E-state index is 11.6. The molecule has 0 aliphatic carbocycles. The number of nitrogens with one attached hydrogen (secondary N) is 1. The Morgan fingerprint density at radius 2 is 2.25 bits per heavy atom. The van der Waals surface area contributed by atoms with Crippen LogP contribution in [0.25, 0.3) is 0 Å². The van der Waals surface area contributed by atoms with Gasteiger partial charge in [0.05, 0.1) is 16.4 Å². The summed E-state index contributed by atoms with van der Waals surface area (Å²) in [6.07, 6.45) is 1.68. The van der Waals surface area contributed by atoms with Crippen LogP contribution in [0.2, 0.25) is 5.02 Å². The van der Waals surface area contributed by atoms with Crippen molar-refractivity contribution in [3.05, 3.63) is 16.4 Å². The van der Waals surface area contributed by atoms with Gasteiger partial charge in [0.1, 0.15) is 5.78 Å². The predicted molar refractivity (Wildman–Crippen MR) is 64.9 cm³/mol. The summed E-state index contributed by atoms with van der Waals surface area (Å²) < 4.78 is 1.71. The van der Waals surface area contributed by atoms with E-state index in [2.05, 4.69) is 10.4 Å². The Balaban J connectivity index is 2.73. The first-order chi connectivity index (χ1) is 7.60. The lowest BCUT2D eigenvalue weighted by atomic mass is 10.1. The molecular weight excluding hydrogens is 226 g/mol. The van der Waals surface area contributed by atoms with Crippen molar-refractivity contribution in [2.24, 2.45) is 7.05 Å². The van der Waals surface area contributed by atoms with Crippen LogP contribution in [0.15, 0.2) is 0 Å². The second kappa shape index (κ2) is 6.01. The number of rotatable bonds is 6. The lowest BCUT2D eigenvalue weighted by molar-refractivity contribution is -0.118. The maximum Gasteiger partial charge on any atom is 0.140 e. The lowest BCUT2D eigenvalue weighted by Gasteiger charge is -2.02. The molecule has 0 aromatic carbocycles. The average molecular weight is 244 g/mol. The van der Waals surface area contributed by atoms with Gasteiger partial charge in [0, 0.05) is 26.4 Å². The molecule has 0 bridgehead atoms. The number of aromatic nitrogens is 2. The topological polar surface area (TPSA) is 46.9 Å². The number of aryl methyl sites for hydroxylation is 2. The van der Waals surface area contributed by atoms with Gasteiger partial charge in [-0.25, -0.2) is 0 Å². The van der Waals surface area contributed by atoms with Gasteiger partial charge in [-0.1, -0.05) is 18.5 Å². The standard InChI is InChI=1S/C11H18ClN3O/c1-4-9-11(12)10(15(3)14-9)7-8(16)5-6-13-2/h13H,4-7H2,1-3H3. The Bertz CT molecular complexity index is 374. The van der Waals surface area contributed by atoms with Crippen LogP contribution in [0.4, 0.5) is 0 Å². The minimum absolute atomic E-state index is 0.182. The third kappa shape index (κ3) is 3.06. The van der Waals surface area contributed by atoms with Crippen LogP contribution in [-0.2, 0) is 24.7 Å².